The second-order valence-corrected chi connectivity index (χ2v) is 7.30. The first kappa shape index (κ1) is 21.8. The van der Waals surface area contributed by atoms with E-state index < -0.39 is 0 Å². The first-order valence-electron chi connectivity index (χ1n) is 9.23. The molecule has 0 atom stereocenters. The predicted octanol–water partition coefficient (Wildman–Crippen LogP) is 2.57. The molecule has 7 nitrogen and oxygen atoms in total. The van der Waals surface area contributed by atoms with Gasteiger partial charge in [-0.2, -0.15) is 5.10 Å². The minimum atomic E-state index is -0.349. The van der Waals surface area contributed by atoms with Crippen molar-refractivity contribution < 1.29 is 9.53 Å². The minimum absolute atomic E-state index is 0.349. The molecule has 0 spiro atoms. The SMILES string of the molecule is COC(=O)c1ccccc1Cn1nc(C)c(NC(=S)NCCCN(C)C)c1C. The number of aryl methyl sites for hydroxylation is 1. The van der Waals surface area contributed by atoms with Crippen molar-refractivity contribution in [1.82, 2.24) is 20.0 Å². The number of nitrogens with zero attached hydrogens (tertiary/aromatic N) is 3. The fourth-order valence-electron chi connectivity index (χ4n) is 2.92. The normalized spacial score (nSPS) is 10.8. The van der Waals surface area contributed by atoms with Gasteiger partial charge < -0.3 is 20.3 Å². The number of benzene rings is 1. The van der Waals surface area contributed by atoms with Crippen LogP contribution >= 0.6 is 12.2 Å². The number of carbonyl (C=O) groups excluding carboxylic acids is 1. The van der Waals surface area contributed by atoms with Crippen LogP contribution in [0.4, 0.5) is 5.69 Å². The van der Waals surface area contributed by atoms with Gasteiger partial charge in [-0.3, -0.25) is 4.68 Å². The molecule has 0 amide bonds. The first-order valence-corrected chi connectivity index (χ1v) is 9.64. The van der Waals surface area contributed by atoms with Crippen molar-refractivity contribution >= 4 is 29.0 Å². The van der Waals surface area contributed by atoms with Crippen molar-refractivity contribution in [3.63, 3.8) is 0 Å². The van der Waals surface area contributed by atoms with E-state index in [-0.39, 0.29) is 5.97 Å². The molecule has 2 rings (SSSR count). The van der Waals surface area contributed by atoms with E-state index in [0.29, 0.717) is 17.2 Å². The zero-order chi connectivity index (χ0) is 20.7. The molecule has 0 fully saturated rings. The van der Waals surface area contributed by atoms with Gasteiger partial charge in [-0.15, -0.1) is 0 Å². The van der Waals surface area contributed by atoms with Crippen LogP contribution in [0.1, 0.15) is 33.7 Å². The number of hydrogen-bond acceptors (Lipinski definition) is 5. The number of carbonyl (C=O) groups is 1. The van der Waals surface area contributed by atoms with Crippen LogP contribution in [0.2, 0.25) is 0 Å². The number of esters is 1. The summed E-state index contributed by atoms with van der Waals surface area (Å²) in [5.74, 6) is -0.349. The van der Waals surface area contributed by atoms with Gasteiger partial charge in [0.1, 0.15) is 0 Å². The van der Waals surface area contributed by atoms with E-state index in [9.17, 15) is 4.79 Å². The number of thiocarbonyl (C=S) groups is 1. The third-order valence-electron chi connectivity index (χ3n) is 4.43. The van der Waals surface area contributed by atoms with Crippen LogP contribution in [0.5, 0.6) is 0 Å². The molecular formula is C20H29N5O2S. The van der Waals surface area contributed by atoms with Crippen LogP contribution < -0.4 is 10.6 Å². The summed E-state index contributed by atoms with van der Waals surface area (Å²) in [5.41, 5.74) is 4.10. The largest absolute Gasteiger partial charge is 0.465 e. The molecule has 1 aromatic heterocycles. The Balaban J connectivity index is 2.08. The van der Waals surface area contributed by atoms with Crippen LogP contribution in [0.3, 0.4) is 0 Å². The number of rotatable bonds is 8. The van der Waals surface area contributed by atoms with Gasteiger partial charge >= 0.3 is 5.97 Å². The Labute approximate surface area is 172 Å². The molecule has 8 heteroatoms. The third kappa shape index (κ3) is 5.77. The summed E-state index contributed by atoms with van der Waals surface area (Å²) in [4.78, 5) is 14.1. The molecule has 0 bridgehead atoms. The molecule has 0 unspecified atom stereocenters. The Morgan fingerprint density at radius 3 is 2.68 bits per heavy atom. The van der Waals surface area contributed by atoms with Gasteiger partial charge in [-0.05, 0) is 64.8 Å². The van der Waals surface area contributed by atoms with Crippen molar-refractivity contribution in [2.75, 3.05) is 39.6 Å². The van der Waals surface area contributed by atoms with Crippen LogP contribution in [0.15, 0.2) is 24.3 Å². The molecule has 152 valence electrons. The zero-order valence-corrected chi connectivity index (χ0v) is 18.0. The third-order valence-corrected chi connectivity index (χ3v) is 4.68. The average molecular weight is 404 g/mol. The monoisotopic (exact) mass is 403 g/mol. The quantitative estimate of drug-likeness (QED) is 0.399. The van der Waals surface area contributed by atoms with Gasteiger partial charge in [0, 0.05) is 6.54 Å². The van der Waals surface area contributed by atoms with E-state index in [1.807, 2.05) is 36.7 Å². The van der Waals surface area contributed by atoms with Crippen LogP contribution in [0, 0.1) is 13.8 Å². The lowest BCUT2D eigenvalue weighted by Crippen LogP contribution is -2.31. The highest BCUT2D eigenvalue weighted by Crippen LogP contribution is 2.21. The molecule has 0 saturated carbocycles. The van der Waals surface area contributed by atoms with E-state index in [1.54, 1.807) is 6.07 Å². The standard InChI is InChI=1S/C20H29N5O2S/c1-14-18(22-20(28)21-11-8-12-24(3)4)15(2)25(23-14)13-16-9-6-7-10-17(16)19(26)27-5/h6-7,9-10H,8,11-13H2,1-5H3,(H2,21,22,28). The summed E-state index contributed by atoms with van der Waals surface area (Å²) < 4.78 is 6.75. The smallest absolute Gasteiger partial charge is 0.338 e. The molecule has 0 aliphatic heterocycles. The number of methoxy groups -OCH3 is 1. The fraction of sp³-hybridized carbons (Fsp3) is 0.450. The molecule has 2 aromatic rings. The number of hydrogen-bond donors (Lipinski definition) is 2. The highest BCUT2D eigenvalue weighted by atomic mass is 32.1. The lowest BCUT2D eigenvalue weighted by molar-refractivity contribution is 0.0599. The number of nitrogens with one attached hydrogen (secondary N) is 2. The van der Waals surface area contributed by atoms with Gasteiger partial charge in [0.15, 0.2) is 5.11 Å². The lowest BCUT2D eigenvalue weighted by atomic mass is 10.1. The van der Waals surface area contributed by atoms with Gasteiger partial charge in [0.2, 0.25) is 0 Å². The molecule has 0 aliphatic rings. The Morgan fingerprint density at radius 1 is 1.29 bits per heavy atom. The Kier molecular flexibility index (Phi) is 7.95. The molecule has 0 aliphatic carbocycles. The zero-order valence-electron chi connectivity index (χ0n) is 17.2. The summed E-state index contributed by atoms with van der Waals surface area (Å²) in [6.45, 7) is 6.21. The molecule has 28 heavy (non-hydrogen) atoms. The molecule has 0 saturated heterocycles. The number of ether oxygens (including phenoxy) is 1. The second-order valence-electron chi connectivity index (χ2n) is 6.89. The fourth-order valence-corrected chi connectivity index (χ4v) is 3.12. The predicted molar refractivity (Wildman–Crippen MR) is 116 cm³/mol. The summed E-state index contributed by atoms with van der Waals surface area (Å²) in [7, 11) is 5.49. The summed E-state index contributed by atoms with van der Waals surface area (Å²) in [6.07, 6.45) is 1.01. The van der Waals surface area contributed by atoms with E-state index >= 15 is 0 Å². The Morgan fingerprint density at radius 2 is 2.00 bits per heavy atom. The van der Waals surface area contributed by atoms with Gasteiger partial charge in [0.25, 0.3) is 0 Å². The van der Waals surface area contributed by atoms with Crippen LogP contribution in [0.25, 0.3) is 0 Å². The molecule has 1 heterocycles. The van der Waals surface area contributed by atoms with E-state index in [4.69, 9.17) is 17.0 Å². The van der Waals surface area contributed by atoms with Gasteiger partial charge in [-0.1, -0.05) is 18.2 Å². The summed E-state index contributed by atoms with van der Waals surface area (Å²) in [6, 6.07) is 7.40. The maximum Gasteiger partial charge on any atom is 0.338 e. The number of anilines is 1. The van der Waals surface area contributed by atoms with Gasteiger partial charge in [0.05, 0.1) is 36.3 Å². The maximum absolute atomic E-state index is 12.0. The van der Waals surface area contributed by atoms with Gasteiger partial charge in [-0.25, -0.2) is 4.79 Å². The van der Waals surface area contributed by atoms with E-state index in [2.05, 4.69) is 34.7 Å². The van der Waals surface area contributed by atoms with Crippen LogP contribution in [-0.4, -0.2) is 60.1 Å². The Bertz CT molecular complexity index is 832. The van der Waals surface area contributed by atoms with E-state index in [0.717, 1.165) is 42.1 Å². The van der Waals surface area contributed by atoms with Crippen molar-refractivity contribution in [3.8, 4) is 0 Å². The highest BCUT2D eigenvalue weighted by molar-refractivity contribution is 7.80. The molecule has 1 aromatic carbocycles. The van der Waals surface area contributed by atoms with Crippen LogP contribution in [-0.2, 0) is 11.3 Å². The van der Waals surface area contributed by atoms with Crippen molar-refractivity contribution in [2.45, 2.75) is 26.8 Å². The van der Waals surface area contributed by atoms with Crippen molar-refractivity contribution in [3.05, 3.63) is 46.8 Å². The Hall–Kier alpha value is -2.45. The number of aromatic nitrogens is 2. The topological polar surface area (TPSA) is 71.4 Å². The first-order chi connectivity index (χ1) is 13.3. The molecular weight excluding hydrogens is 374 g/mol. The summed E-state index contributed by atoms with van der Waals surface area (Å²) in [5, 5.41) is 11.7. The highest BCUT2D eigenvalue weighted by Gasteiger charge is 2.16. The lowest BCUT2D eigenvalue weighted by Gasteiger charge is -2.13. The van der Waals surface area contributed by atoms with Crippen molar-refractivity contribution in [2.24, 2.45) is 0 Å². The minimum Gasteiger partial charge on any atom is -0.465 e. The average Bonchev–Trinajstić information content (AvgIpc) is 2.92. The maximum atomic E-state index is 12.0. The van der Waals surface area contributed by atoms with Crippen molar-refractivity contribution in [1.29, 1.82) is 0 Å². The van der Waals surface area contributed by atoms with E-state index in [1.165, 1.54) is 7.11 Å². The summed E-state index contributed by atoms with van der Waals surface area (Å²) >= 11 is 5.41. The molecule has 2 N–H and O–H groups in total. The molecule has 0 radical (unpaired) electrons. The second kappa shape index (κ2) is 10.2.